The van der Waals surface area contributed by atoms with Gasteiger partial charge in [-0.25, -0.2) is 8.42 Å². The van der Waals surface area contributed by atoms with Crippen molar-refractivity contribution in [2.45, 2.75) is 63.9 Å². The molecule has 2 atom stereocenters. The Morgan fingerprint density at radius 3 is 2.31 bits per heavy atom. The lowest BCUT2D eigenvalue weighted by Gasteiger charge is -2.32. The van der Waals surface area contributed by atoms with Crippen LogP contribution in [0.5, 0.6) is 0 Å². The van der Waals surface area contributed by atoms with Gasteiger partial charge in [0.05, 0.1) is 7.11 Å². The molecule has 1 aliphatic carbocycles. The summed E-state index contributed by atoms with van der Waals surface area (Å²) in [5.41, 5.74) is -5.48. The largest absolute Gasteiger partial charge is 0.511 e. The molecule has 0 aromatic carbocycles. The van der Waals surface area contributed by atoms with Gasteiger partial charge in [-0.2, -0.15) is 17.5 Å². The minimum absolute atomic E-state index is 0.228. The Morgan fingerprint density at radius 2 is 1.85 bits per heavy atom. The molecule has 0 aliphatic heterocycles. The van der Waals surface area contributed by atoms with E-state index in [1.807, 2.05) is 0 Å². The molecule has 1 fully saturated rings. The Kier molecular flexibility index (Phi) is 8.59. The van der Waals surface area contributed by atoms with E-state index in [9.17, 15) is 26.4 Å². The Morgan fingerprint density at radius 1 is 1.27 bits per heavy atom. The highest BCUT2D eigenvalue weighted by atomic mass is 32.2. The highest BCUT2D eigenvalue weighted by molar-refractivity contribution is 7.90. The minimum Gasteiger partial charge on any atom is -0.468 e. The molecule has 1 unspecified atom stereocenters. The zero-order valence-corrected chi connectivity index (χ0v) is 16.3. The molecule has 1 aliphatic rings. The molecule has 0 N–H and O–H groups in total. The van der Waals surface area contributed by atoms with Gasteiger partial charge in [-0.05, 0) is 24.7 Å². The van der Waals surface area contributed by atoms with Crippen LogP contribution in [0.25, 0.3) is 0 Å². The maximum Gasteiger partial charge on any atom is 0.511 e. The van der Waals surface area contributed by atoms with Crippen molar-refractivity contribution in [3.05, 3.63) is 12.2 Å². The number of hydrogen-bond donors (Lipinski definition) is 0. The third-order valence-electron chi connectivity index (χ3n) is 4.88. The molecule has 1 rings (SSSR count). The van der Waals surface area contributed by atoms with Crippen LogP contribution in [0.4, 0.5) is 13.2 Å². The fourth-order valence-corrected chi connectivity index (χ4v) is 4.30. The van der Waals surface area contributed by atoms with Crippen molar-refractivity contribution in [3.8, 4) is 0 Å². The standard InChI is InChI=1S/C17H28F3NO4S/c1-4-13(2)15(16(22)25-3)21(26(23,24)17(18,19)20)12-8-11-14-9-6-5-7-10-14/h8,11,13-15H,4-7,9-10,12H2,1-3H3/b11-8+/t13?,15-/m0/s1. The second kappa shape index (κ2) is 9.73. The molecule has 0 bridgehead atoms. The van der Waals surface area contributed by atoms with Crippen molar-refractivity contribution >= 4 is 16.0 Å². The summed E-state index contributed by atoms with van der Waals surface area (Å²) in [7, 11) is -4.63. The number of halogens is 3. The maximum atomic E-state index is 13.2. The van der Waals surface area contributed by atoms with Gasteiger partial charge in [0.1, 0.15) is 6.04 Å². The van der Waals surface area contributed by atoms with E-state index in [1.165, 1.54) is 13.0 Å². The minimum atomic E-state index is -5.67. The van der Waals surface area contributed by atoms with Crippen molar-refractivity contribution in [1.82, 2.24) is 4.31 Å². The van der Waals surface area contributed by atoms with E-state index in [0.717, 1.165) is 39.2 Å². The van der Waals surface area contributed by atoms with Crippen molar-refractivity contribution in [3.63, 3.8) is 0 Å². The predicted octanol–water partition coefficient (Wildman–Crippen LogP) is 3.86. The van der Waals surface area contributed by atoms with Gasteiger partial charge in [-0.15, -0.1) is 0 Å². The second-order valence-corrected chi connectivity index (χ2v) is 8.58. The number of allylic oxidation sites excluding steroid dienone is 1. The Hall–Kier alpha value is -1.09. The van der Waals surface area contributed by atoms with Gasteiger partial charge < -0.3 is 4.74 Å². The van der Waals surface area contributed by atoms with Gasteiger partial charge in [0.2, 0.25) is 0 Å². The fraction of sp³-hybridized carbons (Fsp3) is 0.824. The fourth-order valence-electron chi connectivity index (χ4n) is 3.16. The van der Waals surface area contributed by atoms with E-state index >= 15 is 0 Å². The summed E-state index contributed by atoms with van der Waals surface area (Å²) in [6, 6.07) is -1.52. The average molecular weight is 399 g/mol. The van der Waals surface area contributed by atoms with Gasteiger partial charge in [0.25, 0.3) is 0 Å². The van der Waals surface area contributed by atoms with Gasteiger partial charge in [0.15, 0.2) is 0 Å². The number of nitrogens with zero attached hydrogens (tertiary/aromatic N) is 1. The Balaban J connectivity index is 3.15. The van der Waals surface area contributed by atoms with E-state index in [2.05, 4.69) is 4.74 Å². The van der Waals surface area contributed by atoms with Crippen LogP contribution in [-0.2, 0) is 19.6 Å². The first kappa shape index (κ1) is 23.0. The van der Waals surface area contributed by atoms with E-state index in [1.54, 1.807) is 13.0 Å². The smallest absolute Gasteiger partial charge is 0.468 e. The van der Waals surface area contributed by atoms with Crippen LogP contribution < -0.4 is 0 Å². The molecule has 0 radical (unpaired) electrons. The summed E-state index contributed by atoms with van der Waals surface area (Å²) in [6.07, 6.45) is 8.64. The van der Waals surface area contributed by atoms with E-state index < -0.39 is 40.0 Å². The number of esters is 1. The van der Waals surface area contributed by atoms with Crippen molar-refractivity contribution in [2.75, 3.05) is 13.7 Å². The van der Waals surface area contributed by atoms with Gasteiger partial charge >= 0.3 is 21.5 Å². The highest BCUT2D eigenvalue weighted by Gasteiger charge is 2.53. The van der Waals surface area contributed by atoms with Crippen molar-refractivity contribution in [1.29, 1.82) is 0 Å². The molecule has 26 heavy (non-hydrogen) atoms. The quantitative estimate of drug-likeness (QED) is 0.459. The van der Waals surface area contributed by atoms with Crippen LogP contribution in [0, 0.1) is 11.8 Å². The average Bonchev–Trinajstić information content (AvgIpc) is 2.59. The number of ether oxygens (including phenoxy) is 1. The van der Waals surface area contributed by atoms with Crippen LogP contribution >= 0.6 is 0 Å². The molecule has 0 heterocycles. The highest BCUT2D eigenvalue weighted by Crippen LogP contribution is 2.31. The van der Waals surface area contributed by atoms with Crippen molar-refractivity contribution in [2.24, 2.45) is 11.8 Å². The molecule has 152 valence electrons. The number of carbonyl (C=O) groups excluding carboxylic acids is 1. The van der Waals surface area contributed by atoms with Gasteiger partial charge in [-0.1, -0.05) is 51.7 Å². The molecule has 0 saturated heterocycles. The lowest BCUT2D eigenvalue weighted by atomic mass is 9.89. The summed E-state index contributed by atoms with van der Waals surface area (Å²) >= 11 is 0. The third kappa shape index (κ3) is 5.70. The molecule has 9 heteroatoms. The summed E-state index contributed by atoms with van der Waals surface area (Å²) in [6.45, 7) is 2.70. The lowest BCUT2D eigenvalue weighted by molar-refractivity contribution is -0.147. The summed E-state index contributed by atoms with van der Waals surface area (Å²) in [5, 5.41) is 0. The Labute approximate surface area is 153 Å². The normalized spacial score (nSPS) is 19.7. The van der Waals surface area contributed by atoms with Gasteiger partial charge in [-0.3, -0.25) is 4.79 Å². The number of rotatable bonds is 8. The first-order valence-corrected chi connectivity index (χ1v) is 10.3. The Bertz CT molecular complexity index is 583. The molecule has 1 saturated carbocycles. The number of sulfonamides is 1. The first-order chi connectivity index (χ1) is 12.1. The van der Waals surface area contributed by atoms with Crippen molar-refractivity contribution < 1.29 is 31.1 Å². The van der Waals surface area contributed by atoms with E-state index in [0.29, 0.717) is 6.42 Å². The SMILES string of the molecule is CCC(C)[C@@H](C(=O)OC)N(C/C=C/C1CCCCC1)S(=O)(=O)C(F)(F)F. The number of hydrogen-bond acceptors (Lipinski definition) is 4. The number of alkyl halides is 3. The molecule has 0 aromatic rings. The molecule has 0 spiro atoms. The predicted molar refractivity (Wildman–Crippen MR) is 92.7 cm³/mol. The van der Waals surface area contributed by atoms with Crippen LogP contribution in [0.15, 0.2) is 12.2 Å². The molecular weight excluding hydrogens is 371 g/mol. The van der Waals surface area contributed by atoms with Crippen LogP contribution in [0.1, 0.15) is 52.4 Å². The molecule has 0 amide bonds. The third-order valence-corrected chi connectivity index (χ3v) is 6.46. The second-order valence-electron chi connectivity index (χ2n) is 6.70. The maximum absolute atomic E-state index is 13.2. The van der Waals surface area contributed by atoms with Crippen LogP contribution in [0.2, 0.25) is 0 Å². The number of methoxy groups -OCH3 is 1. The molecule has 0 aromatic heterocycles. The first-order valence-electron chi connectivity index (χ1n) is 8.88. The summed E-state index contributed by atoms with van der Waals surface area (Å²) in [5.74, 6) is -1.37. The topological polar surface area (TPSA) is 63.7 Å². The van der Waals surface area contributed by atoms with Gasteiger partial charge in [0, 0.05) is 6.54 Å². The summed E-state index contributed by atoms with van der Waals surface area (Å²) < 4.78 is 68.4. The number of carbonyl (C=O) groups is 1. The lowest BCUT2D eigenvalue weighted by Crippen LogP contribution is -2.53. The molecular formula is C17H28F3NO4S. The molecule has 5 nitrogen and oxygen atoms in total. The van der Waals surface area contributed by atoms with E-state index in [-0.39, 0.29) is 10.2 Å². The van der Waals surface area contributed by atoms with E-state index in [4.69, 9.17) is 0 Å². The summed E-state index contributed by atoms with van der Waals surface area (Å²) in [4.78, 5) is 12.1. The van der Waals surface area contributed by atoms with Crippen LogP contribution in [-0.4, -0.2) is 43.9 Å². The monoisotopic (exact) mass is 399 g/mol. The zero-order chi connectivity index (χ0) is 20.0. The zero-order valence-electron chi connectivity index (χ0n) is 15.5. The van der Waals surface area contributed by atoms with Crippen LogP contribution in [0.3, 0.4) is 0 Å².